The number of anilines is 1. The van der Waals surface area contributed by atoms with Crippen LogP contribution in [0, 0.1) is 12.7 Å². The van der Waals surface area contributed by atoms with Crippen LogP contribution < -0.4 is 16.0 Å². The number of amides is 3. The number of carbonyl (C=O) groups excluding carboxylic acids is 2. The first kappa shape index (κ1) is 16.5. The Kier molecular flexibility index (Phi) is 5.30. The molecular formula is C17H18FN3O2. The number of carbonyl (C=O) groups is 2. The van der Waals surface area contributed by atoms with Gasteiger partial charge in [0.05, 0.1) is 5.56 Å². The minimum absolute atomic E-state index is 0.121. The number of urea groups is 1. The fourth-order valence-electron chi connectivity index (χ4n) is 2.07. The van der Waals surface area contributed by atoms with Gasteiger partial charge in [0.1, 0.15) is 5.82 Å². The highest BCUT2D eigenvalue weighted by Gasteiger charge is 2.12. The summed E-state index contributed by atoms with van der Waals surface area (Å²) in [5.41, 5.74) is 2.31. The first-order chi connectivity index (χ1) is 11.0. The predicted molar refractivity (Wildman–Crippen MR) is 86.8 cm³/mol. The van der Waals surface area contributed by atoms with Crippen molar-refractivity contribution in [3.63, 3.8) is 0 Å². The van der Waals surface area contributed by atoms with Crippen LogP contribution in [-0.2, 0) is 6.54 Å². The molecule has 0 aliphatic carbocycles. The van der Waals surface area contributed by atoms with Gasteiger partial charge in [-0.3, -0.25) is 4.79 Å². The summed E-state index contributed by atoms with van der Waals surface area (Å²) in [5, 5.41) is 7.65. The van der Waals surface area contributed by atoms with E-state index in [2.05, 4.69) is 16.0 Å². The molecule has 0 spiro atoms. The summed E-state index contributed by atoms with van der Waals surface area (Å²) in [4.78, 5) is 23.5. The van der Waals surface area contributed by atoms with Crippen LogP contribution in [0.4, 0.5) is 14.9 Å². The maximum atomic E-state index is 13.6. The third-order valence-corrected chi connectivity index (χ3v) is 3.40. The highest BCUT2D eigenvalue weighted by atomic mass is 19.1. The Bertz CT molecular complexity index is 732. The summed E-state index contributed by atoms with van der Waals surface area (Å²) >= 11 is 0. The summed E-state index contributed by atoms with van der Waals surface area (Å²) < 4.78 is 13.6. The van der Waals surface area contributed by atoms with Crippen molar-refractivity contribution < 1.29 is 14.0 Å². The lowest BCUT2D eigenvalue weighted by atomic mass is 10.1. The van der Waals surface area contributed by atoms with E-state index in [0.717, 1.165) is 17.2 Å². The van der Waals surface area contributed by atoms with Gasteiger partial charge in [-0.1, -0.05) is 24.3 Å². The van der Waals surface area contributed by atoms with E-state index in [9.17, 15) is 14.0 Å². The number of rotatable bonds is 4. The van der Waals surface area contributed by atoms with E-state index >= 15 is 0 Å². The maximum Gasteiger partial charge on any atom is 0.319 e. The van der Waals surface area contributed by atoms with Gasteiger partial charge in [0.15, 0.2) is 0 Å². The number of aryl methyl sites for hydroxylation is 1. The van der Waals surface area contributed by atoms with Crippen molar-refractivity contribution in [1.29, 1.82) is 0 Å². The minimum Gasteiger partial charge on any atom is -0.355 e. The highest BCUT2D eigenvalue weighted by molar-refractivity contribution is 5.97. The first-order valence-electron chi connectivity index (χ1n) is 7.12. The SMILES string of the molecule is CNC(=O)c1cc(NC(=O)NCc2ccccc2C)ccc1F. The molecule has 3 N–H and O–H groups in total. The van der Waals surface area contributed by atoms with Crippen molar-refractivity contribution in [2.45, 2.75) is 13.5 Å². The molecular weight excluding hydrogens is 297 g/mol. The molecule has 0 heterocycles. The molecule has 2 rings (SSSR count). The van der Waals surface area contributed by atoms with Gasteiger partial charge in [-0.05, 0) is 36.2 Å². The lowest BCUT2D eigenvalue weighted by molar-refractivity contribution is 0.0959. The van der Waals surface area contributed by atoms with Crippen LogP contribution in [0.15, 0.2) is 42.5 Å². The number of nitrogens with one attached hydrogen (secondary N) is 3. The van der Waals surface area contributed by atoms with Crippen molar-refractivity contribution >= 4 is 17.6 Å². The molecule has 0 unspecified atom stereocenters. The Morgan fingerprint density at radius 2 is 1.87 bits per heavy atom. The summed E-state index contributed by atoms with van der Waals surface area (Å²) in [7, 11) is 1.41. The number of benzene rings is 2. The molecule has 2 aromatic carbocycles. The normalized spacial score (nSPS) is 10.0. The Morgan fingerprint density at radius 3 is 2.57 bits per heavy atom. The third kappa shape index (κ3) is 4.29. The second-order valence-electron chi connectivity index (χ2n) is 5.01. The van der Waals surface area contributed by atoms with Crippen molar-refractivity contribution in [2.24, 2.45) is 0 Å². The molecule has 2 aromatic rings. The molecule has 0 aliphatic rings. The predicted octanol–water partition coefficient (Wildman–Crippen LogP) is 2.82. The van der Waals surface area contributed by atoms with Crippen LogP contribution in [-0.4, -0.2) is 19.0 Å². The molecule has 0 fully saturated rings. The fourth-order valence-corrected chi connectivity index (χ4v) is 2.07. The smallest absolute Gasteiger partial charge is 0.319 e. The van der Waals surface area contributed by atoms with E-state index in [1.165, 1.54) is 19.2 Å². The number of halogens is 1. The average Bonchev–Trinajstić information content (AvgIpc) is 2.55. The Morgan fingerprint density at radius 1 is 1.13 bits per heavy atom. The van der Waals surface area contributed by atoms with Crippen LogP contribution in [0.2, 0.25) is 0 Å². The second-order valence-corrected chi connectivity index (χ2v) is 5.01. The van der Waals surface area contributed by atoms with E-state index < -0.39 is 17.8 Å². The van der Waals surface area contributed by atoms with Gasteiger partial charge in [0.2, 0.25) is 0 Å². The van der Waals surface area contributed by atoms with Crippen molar-refractivity contribution in [3.8, 4) is 0 Å². The van der Waals surface area contributed by atoms with Gasteiger partial charge in [-0.25, -0.2) is 9.18 Å². The lowest BCUT2D eigenvalue weighted by Crippen LogP contribution is -2.28. The molecule has 5 nitrogen and oxygen atoms in total. The Hall–Kier alpha value is -2.89. The lowest BCUT2D eigenvalue weighted by Gasteiger charge is -2.10. The molecule has 0 radical (unpaired) electrons. The maximum absolute atomic E-state index is 13.6. The summed E-state index contributed by atoms with van der Waals surface area (Å²) in [6.45, 7) is 2.34. The minimum atomic E-state index is -0.643. The van der Waals surface area contributed by atoms with Crippen molar-refractivity contribution in [3.05, 3.63) is 65.0 Å². The van der Waals surface area contributed by atoms with Gasteiger partial charge in [0.25, 0.3) is 5.91 Å². The molecule has 23 heavy (non-hydrogen) atoms. The molecule has 120 valence electrons. The Balaban J connectivity index is 2.00. The monoisotopic (exact) mass is 315 g/mol. The van der Waals surface area contributed by atoms with Crippen molar-refractivity contribution in [2.75, 3.05) is 12.4 Å². The van der Waals surface area contributed by atoms with E-state index in [-0.39, 0.29) is 5.56 Å². The molecule has 6 heteroatoms. The van der Waals surface area contributed by atoms with E-state index in [1.807, 2.05) is 31.2 Å². The zero-order chi connectivity index (χ0) is 16.8. The second kappa shape index (κ2) is 7.40. The van der Waals surface area contributed by atoms with Crippen LogP contribution in [0.3, 0.4) is 0 Å². The number of hydrogen-bond acceptors (Lipinski definition) is 2. The van der Waals surface area contributed by atoms with E-state index in [4.69, 9.17) is 0 Å². The van der Waals surface area contributed by atoms with Crippen LogP contribution in [0.1, 0.15) is 21.5 Å². The van der Waals surface area contributed by atoms with Gasteiger partial charge in [0, 0.05) is 19.3 Å². The molecule has 0 aromatic heterocycles. The van der Waals surface area contributed by atoms with E-state index in [0.29, 0.717) is 12.2 Å². The van der Waals surface area contributed by atoms with E-state index in [1.54, 1.807) is 0 Å². The largest absolute Gasteiger partial charge is 0.355 e. The zero-order valence-electron chi connectivity index (χ0n) is 12.9. The first-order valence-corrected chi connectivity index (χ1v) is 7.12. The van der Waals surface area contributed by atoms with Gasteiger partial charge in [-0.15, -0.1) is 0 Å². The molecule has 0 saturated heterocycles. The highest BCUT2D eigenvalue weighted by Crippen LogP contribution is 2.15. The molecule has 0 aliphatic heterocycles. The van der Waals surface area contributed by atoms with Gasteiger partial charge >= 0.3 is 6.03 Å². The Labute approximate surface area is 133 Å². The summed E-state index contributed by atoms with van der Waals surface area (Å²) in [6.07, 6.45) is 0. The third-order valence-electron chi connectivity index (χ3n) is 3.40. The topological polar surface area (TPSA) is 70.2 Å². The molecule has 0 bridgehead atoms. The fraction of sp³-hybridized carbons (Fsp3) is 0.176. The van der Waals surface area contributed by atoms with Crippen LogP contribution in [0.25, 0.3) is 0 Å². The average molecular weight is 315 g/mol. The summed E-state index contributed by atoms with van der Waals surface area (Å²) in [6, 6.07) is 11.1. The molecule has 3 amide bonds. The van der Waals surface area contributed by atoms with Crippen LogP contribution >= 0.6 is 0 Å². The number of hydrogen-bond donors (Lipinski definition) is 3. The zero-order valence-corrected chi connectivity index (χ0v) is 12.9. The quantitative estimate of drug-likeness (QED) is 0.812. The van der Waals surface area contributed by atoms with Crippen molar-refractivity contribution in [1.82, 2.24) is 10.6 Å². The molecule has 0 atom stereocenters. The van der Waals surface area contributed by atoms with Crippen LogP contribution in [0.5, 0.6) is 0 Å². The standard InChI is InChI=1S/C17H18FN3O2/c1-11-5-3-4-6-12(11)10-20-17(23)21-13-7-8-15(18)14(9-13)16(22)19-2/h3-9H,10H2,1-2H3,(H,19,22)(H2,20,21,23). The molecule has 0 saturated carbocycles. The van der Waals surface area contributed by atoms with Gasteiger partial charge in [-0.2, -0.15) is 0 Å². The summed E-state index contributed by atoms with van der Waals surface area (Å²) in [5.74, 6) is -1.19. The van der Waals surface area contributed by atoms with Gasteiger partial charge < -0.3 is 16.0 Å².